The van der Waals surface area contributed by atoms with Crippen LogP contribution in [0.3, 0.4) is 0 Å². The summed E-state index contributed by atoms with van der Waals surface area (Å²) >= 11 is 0. The van der Waals surface area contributed by atoms with E-state index in [1.54, 1.807) is 14.2 Å². The van der Waals surface area contributed by atoms with E-state index in [1.165, 1.54) is 0 Å². The first-order valence-electron chi connectivity index (χ1n) is 11.3. The number of pyridine rings is 2. The fraction of sp³-hybridized carbons (Fsp3) is 0.0667. The lowest BCUT2D eigenvalue weighted by Gasteiger charge is -2.27. The van der Waals surface area contributed by atoms with Crippen molar-refractivity contribution in [3.05, 3.63) is 116 Å². The molecule has 0 bridgehead atoms. The van der Waals surface area contributed by atoms with Gasteiger partial charge in [-0.3, -0.25) is 9.97 Å². The summed E-state index contributed by atoms with van der Waals surface area (Å²) in [7, 11) is 3.34. The van der Waals surface area contributed by atoms with Gasteiger partial charge < -0.3 is 14.4 Å². The average molecular weight is 460 g/mol. The quantitative estimate of drug-likeness (QED) is 0.256. The summed E-state index contributed by atoms with van der Waals surface area (Å²) in [6.07, 6.45) is 3.63. The number of ether oxygens (including phenoxy) is 2. The molecule has 0 aliphatic rings. The highest BCUT2D eigenvalue weighted by molar-refractivity contribution is 5.83. The Bertz CT molecular complexity index is 1280. The molecule has 0 aliphatic heterocycles. The van der Waals surface area contributed by atoms with Crippen LogP contribution in [0.15, 0.2) is 116 Å². The van der Waals surface area contributed by atoms with E-state index >= 15 is 0 Å². The molecular formula is C30H25N3O2. The van der Waals surface area contributed by atoms with Crippen molar-refractivity contribution in [1.29, 1.82) is 0 Å². The second-order valence-electron chi connectivity index (χ2n) is 7.93. The number of hydrogen-bond donors (Lipinski definition) is 0. The number of methoxy groups -OCH3 is 2. The second kappa shape index (κ2) is 10.1. The average Bonchev–Trinajstić information content (AvgIpc) is 2.95. The molecule has 0 atom stereocenters. The molecule has 2 aromatic heterocycles. The Labute approximate surface area is 205 Å². The fourth-order valence-electron chi connectivity index (χ4n) is 4.01. The molecule has 0 amide bonds. The highest BCUT2D eigenvalue weighted by Gasteiger charge is 2.16. The van der Waals surface area contributed by atoms with Crippen LogP contribution < -0.4 is 14.4 Å². The molecule has 0 N–H and O–H groups in total. The van der Waals surface area contributed by atoms with Gasteiger partial charge in [-0.2, -0.15) is 0 Å². The van der Waals surface area contributed by atoms with Crippen LogP contribution >= 0.6 is 0 Å². The summed E-state index contributed by atoms with van der Waals surface area (Å²) in [4.78, 5) is 11.4. The number of hydrogen-bond acceptors (Lipinski definition) is 5. The van der Waals surface area contributed by atoms with Gasteiger partial charge in [0, 0.05) is 40.6 Å². The molecule has 0 saturated heterocycles. The highest BCUT2D eigenvalue weighted by Crippen LogP contribution is 2.39. The second-order valence-corrected chi connectivity index (χ2v) is 7.93. The van der Waals surface area contributed by atoms with Gasteiger partial charge in [0.05, 0.1) is 25.6 Å². The molecule has 0 fully saturated rings. The van der Waals surface area contributed by atoms with Gasteiger partial charge in [-0.15, -0.1) is 0 Å². The lowest BCUT2D eigenvalue weighted by molar-refractivity contribution is 0.415. The van der Waals surface area contributed by atoms with Crippen molar-refractivity contribution < 1.29 is 9.47 Å². The van der Waals surface area contributed by atoms with Crippen molar-refractivity contribution in [2.75, 3.05) is 19.1 Å². The summed E-state index contributed by atoms with van der Waals surface area (Å²) in [5.41, 5.74) is 6.81. The highest BCUT2D eigenvalue weighted by atomic mass is 16.5. The SMILES string of the molecule is COc1ccc(N(c2ccc(OC)cc2)c2cc(-c3ccccn3)cc(-c3ccccn3)c2)cc1. The molecular weight excluding hydrogens is 434 g/mol. The van der Waals surface area contributed by atoms with Crippen molar-refractivity contribution in [1.82, 2.24) is 9.97 Å². The first-order valence-corrected chi connectivity index (χ1v) is 11.3. The van der Waals surface area contributed by atoms with Gasteiger partial charge >= 0.3 is 0 Å². The van der Waals surface area contributed by atoms with E-state index in [9.17, 15) is 0 Å². The Kier molecular flexibility index (Phi) is 6.39. The molecule has 5 aromatic rings. The number of rotatable bonds is 7. The maximum atomic E-state index is 5.39. The molecule has 0 aliphatic carbocycles. The van der Waals surface area contributed by atoms with Crippen molar-refractivity contribution in [2.24, 2.45) is 0 Å². The normalized spacial score (nSPS) is 10.6. The Morgan fingerprint density at radius 2 is 0.971 bits per heavy atom. The van der Waals surface area contributed by atoms with Gasteiger partial charge in [0.25, 0.3) is 0 Å². The standard InChI is InChI=1S/C30H25N3O2/c1-34-27-13-9-24(10-14-27)33(25-11-15-28(35-2)16-12-25)26-20-22(29-7-3-5-17-31-29)19-23(21-26)30-8-4-6-18-32-30/h3-21H,1-2H3. The first-order chi connectivity index (χ1) is 17.2. The lowest BCUT2D eigenvalue weighted by atomic mass is 10.0. The van der Waals surface area contributed by atoms with Crippen LogP contribution in [0, 0.1) is 0 Å². The van der Waals surface area contributed by atoms with Crippen LogP contribution in [0.5, 0.6) is 11.5 Å². The van der Waals surface area contributed by atoms with Gasteiger partial charge in [0.1, 0.15) is 11.5 Å². The van der Waals surface area contributed by atoms with Gasteiger partial charge in [-0.1, -0.05) is 12.1 Å². The zero-order valence-electron chi connectivity index (χ0n) is 19.6. The topological polar surface area (TPSA) is 47.5 Å². The number of anilines is 3. The number of aromatic nitrogens is 2. The maximum Gasteiger partial charge on any atom is 0.119 e. The summed E-state index contributed by atoms with van der Waals surface area (Å²) in [6.45, 7) is 0. The molecule has 0 unspecified atom stereocenters. The minimum Gasteiger partial charge on any atom is -0.497 e. The third-order valence-electron chi connectivity index (χ3n) is 5.76. The molecule has 0 spiro atoms. The van der Waals surface area contributed by atoms with Crippen molar-refractivity contribution >= 4 is 17.1 Å². The van der Waals surface area contributed by atoms with E-state index in [-0.39, 0.29) is 0 Å². The van der Waals surface area contributed by atoms with E-state index in [0.717, 1.165) is 51.1 Å². The van der Waals surface area contributed by atoms with Crippen LogP contribution in [-0.2, 0) is 0 Å². The molecule has 172 valence electrons. The summed E-state index contributed by atoms with van der Waals surface area (Å²) in [5, 5.41) is 0. The molecule has 0 saturated carbocycles. The minimum atomic E-state index is 0.805. The molecule has 0 radical (unpaired) electrons. The van der Waals surface area contributed by atoms with E-state index in [1.807, 2.05) is 73.1 Å². The first kappa shape index (κ1) is 22.2. The van der Waals surface area contributed by atoms with Crippen LogP contribution in [0.1, 0.15) is 0 Å². The minimum absolute atomic E-state index is 0.805. The lowest BCUT2D eigenvalue weighted by Crippen LogP contribution is -2.10. The molecule has 5 nitrogen and oxygen atoms in total. The zero-order chi connectivity index (χ0) is 24.0. The van der Waals surface area contributed by atoms with Crippen LogP contribution in [0.2, 0.25) is 0 Å². The van der Waals surface area contributed by atoms with Gasteiger partial charge in [0.15, 0.2) is 0 Å². The number of benzene rings is 3. The Morgan fingerprint density at radius 1 is 0.514 bits per heavy atom. The van der Waals surface area contributed by atoms with Crippen LogP contribution in [0.25, 0.3) is 22.5 Å². The maximum absolute atomic E-state index is 5.39. The zero-order valence-corrected chi connectivity index (χ0v) is 19.6. The van der Waals surface area contributed by atoms with E-state index in [4.69, 9.17) is 9.47 Å². The summed E-state index contributed by atoms with van der Waals surface area (Å²) in [5.74, 6) is 1.61. The fourth-order valence-corrected chi connectivity index (χ4v) is 4.01. The predicted molar refractivity (Wildman–Crippen MR) is 141 cm³/mol. The molecule has 5 rings (SSSR count). The summed E-state index contributed by atoms with van der Waals surface area (Å²) < 4.78 is 10.8. The monoisotopic (exact) mass is 459 g/mol. The van der Waals surface area contributed by atoms with Crippen molar-refractivity contribution in [2.45, 2.75) is 0 Å². The molecule has 35 heavy (non-hydrogen) atoms. The van der Waals surface area contributed by atoms with E-state index < -0.39 is 0 Å². The molecule has 5 heteroatoms. The number of nitrogens with zero attached hydrogens (tertiary/aromatic N) is 3. The summed E-state index contributed by atoms with van der Waals surface area (Å²) in [6, 6.07) is 34.4. The van der Waals surface area contributed by atoms with Crippen LogP contribution in [-0.4, -0.2) is 24.2 Å². The van der Waals surface area contributed by atoms with Gasteiger partial charge in [-0.25, -0.2) is 0 Å². The third-order valence-corrected chi connectivity index (χ3v) is 5.76. The Hall–Kier alpha value is -4.64. The third kappa shape index (κ3) is 4.84. The van der Waals surface area contributed by atoms with E-state index in [0.29, 0.717) is 0 Å². The van der Waals surface area contributed by atoms with Gasteiger partial charge in [-0.05, 0) is 91.0 Å². The Balaban J connectivity index is 1.72. The molecule has 3 aromatic carbocycles. The van der Waals surface area contributed by atoms with Crippen molar-refractivity contribution in [3.63, 3.8) is 0 Å². The predicted octanol–water partition coefficient (Wildman–Crippen LogP) is 7.30. The van der Waals surface area contributed by atoms with Gasteiger partial charge in [0.2, 0.25) is 0 Å². The van der Waals surface area contributed by atoms with Crippen molar-refractivity contribution in [3.8, 4) is 34.0 Å². The molecule has 2 heterocycles. The smallest absolute Gasteiger partial charge is 0.119 e. The van der Waals surface area contributed by atoms with E-state index in [2.05, 4.69) is 57.3 Å². The Morgan fingerprint density at radius 3 is 1.34 bits per heavy atom. The van der Waals surface area contributed by atoms with Crippen LogP contribution in [0.4, 0.5) is 17.1 Å². The largest absolute Gasteiger partial charge is 0.497 e.